The van der Waals surface area contributed by atoms with Crippen LogP contribution in [-0.4, -0.2) is 13.1 Å². The predicted octanol–water partition coefficient (Wildman–Crippen LogP) is 3.13. The van der Waals surface area contributed by atoms with Crippen molar-refractivity contribution in [1.29, 1.82) is 0 Å². The Bertz CT molecular complexity index is 260. The van der Waals surface area contributed by atoms with Gasteiger partial charge in [0.15, 0.2) is 0 Å². The van der Waals surface area contributed by atoms with Crippen LogP contribution in [0.2, 0.25) is 0 Å². The molecule has 0 spiro atoms. The highest BCUT2D eigenvalue weighted by atomic mass is 15.1. The largest absolute Gasteiger partial charge is 0.372 e. The van der Waals surface area contributed by atoms with Gasteiger partial charge in [-0.3, -0.25) is 0 Å². The van der Waals surface area contributed by atoms with Crippen molar-refractivity contribution in [2.24, 2.45) is 5.92 Å². The Morgan fingerprint density at radius 2 is 1.79 bits per heavy atom. The molecule has 0 aromatic heterocycles. The molecule has 1 heterocycles. The number of para-hydroxylation sites is 1. The zero-order chi connectivity index (χ0) is 9.80. The molecule has 1 aliphatic rings. The molecule has 0 unspecified atom stereocenters. The molecule has 14 heavy (non-hydrogen) atoms. The Morgan fingerprint density at radius 1 is 1.14 bits per heavy atom. The molecular weight excluding hydrogens is 170 g/mol. The van der Waals surface area contributed by atoms with E-state index in [0.717, 1.165) is 12.3 Å². The highest BCUT2D eigenvalue weighted by molar-refractivity contribution is 5.46. The van der Waals surface area contributed by atoms with Gasteiger partial charge in [-0.15, -0.1) is 0 Å². The molecule has 0 amide bonds. The van der Waals surface area contributed by atoms with Crippen LogP contribution in [0.3, 0.4) is 0 Å². The van der Waals surface area contributed by atoms with E-state index in [9.17, 15) is 0 Å². The zero-order valence-corrected chi connectivity index (χ0v) is 8.65. The van der Waals surface area contributed by atoms with Crippen LogP contribution in [0.15, 0.2) is 30.3 Å². The van der Waals surface area contributed by atoms with Crippen molar-refractivity contribution in [3.05, 3.63) is 37.3 Å². The molecule has 1 nitrogen and oxygen atoms in total. The molecule has 1 aromatic carbocycles. The fourth-order valence-corrected chi connectivity index (χ4v) is 2.12. The SMILES string of the molecule is [CH2]CC1CCN(c2ccccc2)CC1. The fourth-order valence-electron chi connectivity index (χ4n) is 2.12. The van der Waals surface area contributed by atoms with E-state index >= 15 is 0 Å². The van der Waals surface area contributed by atoms with E-state index in [0.29, 0.717) is 0 Å². The van der Waals surface area contributed by atoms with E-state index in [2.05, 4.69) is 42.2 Å². The summed E-state index contributed by atoms with van der Waals surface area (Å²) < 4.78 is 0. The molecule has 1 heteroatoms. The second-order valence-corrected chi connectivity index (χ2v) is 4.05. The van der Waals surface area contributed by atoms with E-state index in [4.69, 9.17) is 0 Å². The maximum Gasteiger partial charge on any atom is 0.0366 e. The number of hydrogen-bond donors (Lipinski definition) is 0. The molecule has 1 aromatic rings. The summed E-state index contributed by atoms with van der Waals surface area (Å²) in [5.41, 5.74) is 1.37. The van der Waals surface area contributed by atoms with Crippen LogP contribution in [0, 0.1) is 12.8 Å². The summed E-state index contributed by atoms with van der Waals surface area (Å²) >= 11 is 0. The van der Waals surface area contributed by atoms with Crippen molar-refractivity contribution in [2.45, 2.75) is 19.3 Å². The second-order valence-electron chi connectivity index (χ2n) is 4.05. The van der Waals surface area contributed by atoms with Gasteiger partial charge in [-0.2, -0.15) is 0 Å². The Morgan fingerprint density at radius 3 is 2.36 bits per heavy atom. The van der Waals surface area contributed by atoms with Gasteiger partial charge in [0.1, 0.15) is 0 Å². The number of nitrogens with zero attached hydrogens (tertiary/aromatic N) is 1. The molecule has 0 N–H and O–H groups in total. The summed E-state index contributed by atoms with van der Waals surface area (Å²) in [5.74, 6) is 0.856. The Hall–Kier alpha value is -0.980. The van der Waals surface area contributed by atoms with Gasteiger partial charge >= 0.3 is 0 Å². The van der Waals surface area contributed by atoms with Crippen molar-refractivity contribution in [1.82, 2.24) is 0 Å². The lowest BCUT2D eigenvalue weighted by Gasteiger charge is -2.33. The molecule has 2 rings (SSSR count). The summed E-state index contributed by atoms with van der Waals surface area (Å²) in [6.45, 7) is 6.39. The van der Waals surface area contributed by atoms with Gasteiger partial charge in [-0.25, -0.2) is 0 Å². The first-order valence-electron chi connectivity index (χ1n) is 5.49. The quantitative estimate of drug-likeness (QED) is 0.689. The average Bonchev–Trinajstić information content (AvgIpc) is 2.30. The maximum atomic E-state index is 3.99. The van der Waals surface area contributed by atoms with E-state index in [-0.39, 0.29) is 0 Å². The van der Waals surface area contributed by atoms with Gasteiger partial charge in [-0.1, -0.05) is 31.5 Å². The van der Waals surface area contributed by atoms with Gasteiger partial charge in [0.2, 0.25) is 0 Å². The van der Waals surface area contributed by atoms with Crippen LogP contribution < -0.4 is 4.90 Å². The van der Waals surface area contributed by atoms with E-state index in [1.54, 1.807) is 0 Å². The molecule has 0 saturated carbocycles. The van der Waals surface area contributed by atoms with Crippen LogP contribution in [0.4, 0.5) is 5.69 Å². The van der Waals surface area contributed by atoms with Gasteiger partial charge in [-0.05, 0) is 30.9 Å². The molecule has 0 aliphatic carbocycles. The van der Waals surface area contributed by atoms with Crippen LogP contribution in [0.5, 0.6) is 0 Å². The summed E-state index contributed by atoms with van der Waals surface area (Å²) in [5, 5.41) is 0. The average molecular weight is 188 g/mol. The van der Waals surface area contributed by atoms with Crippen molar-refractivity contribution in [2.75, 3.05) is 18.0 Å². The van der Waals surface area contributed by atoms with Crippen LogP contribution in [0.25, 0.3) is 0 Å². The first-order valence-corrected chi connectivity index (χ1v) is 5.49. The smallest absolute Gasteiger partial charge is 0.0366 e. The highest BCUT2D eigenvalue weighted by Gasteiger charge is 2.17. The zero-order valence-electron chi connectivity index (χ0n) is 8.65. The molecule has 1 saturated heterocycles. The summed E-state index contributed by atoms with van der Waals surface area (Å²) in [6, 6.07) is 10.7. The van der Waals surface area contributed by atoms with Crippen molar-refractivity contribution in [3.63, 3.8) is 0 Å². The van der Waals surface area contributed by atoms with Crippen LogP contribution in [0.1, 0.15) is 19.3 Å². The van der Waals surface area contributed by atoms with Crippen molar-refractivity contribution < 1.29 is 0 Å². The third-order valence-corrected chi connectivity index (χ3v) is 3.14. The minimum atomic E-state index is 0.856. The van der Waals surface area contributed by atoms with Gasteiger partial charge in [0.25, 0.3) is 0 Å². The third kappa shape index (κ3) is 2.09. The Kier molecular flexibility index (Phi) is 3.07. The lowest BCUT2D eigenvalue weighted by atomic mass is 9.94. The molecule has 75 valence electrons. The number of benzene rings is 1. The molecule has 1 fully saturated rings. The molecule has 1 radical (unpaired) electrons. The number of piperidine rings is 1. The topological polar surface area (TPSA) is 3.24 Å². The van der Waals surface area contributed by atoms with Gasteiger partial charge < -0.3 is 4.90 Å². The van der Waals surface area contributed by atoms with E-state index in [1.807, 2.05) is 0 Å². The second kappa shape index (κ2) is 4.50. The standard InChI is InChI=1S/C13H18N/c1-2-12-8-10-14(11-9-12)13-6-4-3-5-7-13/h3-7,12H,1-2,8-11H2. The summed E-state index contributed by atoms with van der Waals surface area (Å²) in [4.78, 5) is 2.48. The minimum absolute atomic E-state index is 0.856. The van der Waals surface area contributed by atoms with E-state index < -0.39 is 0 Å². The number of rotatable bonds is 2. The normalized spacial score (nSPS) is 18.5. The Balaban J connectivity index is 1.96. The first kappa shape index (κ1) is 9.57. The van der Waals surface area contributed by atoms with Gasteiger partial charge in [0.05, 0.1) is 0 Å². The van der Waals surface area contributed by atoms with Gasteiger partial charge in [0, 0.05) is 18.8 Å². The lowest BCUT2D eigenvalue weighted by Crippen LogP contribution is -2.33. The Labute approximate surface area is 86.7 Å². The van der Waals surface area contributed by atoms with Crippen LogP contribution >= 0.6 is 0 Å². The third-order valence-electron chi connectivity index (χ3n) is 3.14. The molecule has 1 aliphatic heterocycles. The van der Waals surface area contributed by atoms with Crippen molar-refractivity contribution >= 4 is 5.69 Å². The predicted molar refractivity (Wildman–Crippen MR) is 61.4 cm³/mol. The first-order chi connectivity index (χ1) is 6.90. The highest BCUT2D eigenvalue weighted by Crippen LogP contribution is 2.24. The molecule has 0 atom stereocenters. The monoisotopic (exact) mass is 188 g/mol. The minimum Gasteiger partial charge on any atom is -0.372 e. The molecule has 0 bridgehead atoms. The number of hydrogen-bond acceptors (Lipinski definition) is 1. The summed E-state index contributed by atoms with van der Waals surface area (Å²) in [7, 11) is 0. The maximum absolute atomic E-state index is 3.99. The van der Waals surface area contributed by atoms with Crippen molar-refractivity contribution in [3.8, 4) is 0 Å². The summed E-state index contributed by atoms with van der Waals surface area (Å²) in [6.07, 6.45) is 3.71. The molecular formula is C13H18N. The fraction of sp³-hybridized carbons (Fsp3) is 0.462. The van der Waals surface area contributed by atoms with Crippen LogP contribution in [-0.2, 0) is 0 Å². The lowest BCUT2D eigenvalue weighted by molar-refractivity contribution is 0.408. The van der Waals surface area contributed by atoms with E-state index in [1.165, 1.54) is 31.6 Å². The number of anilines is 1.